The number of aromatic amines is 2. The summed E-state index contributed by atoms with van der Waals surface area (Å²) in [6, 6.07) is 10.4. The first kappa shape index (κ1) is 16.9. The van der Waals surface area contributed by atoms with Crippen LogP contribution in [0.1, 0.15) is 5.56 Å². The minimum atomic E-state index is -0.757. The molecule has 0 fully saturated rings. The molecule has 0 spiro atoms. The number of nitrogens with two attached hydrogens (primary N) is 1. The zero-order valence-corrected chi connectivity index (χ0v) is 15.4. The Morgan fingerprint density at radius 2 is 2.00 bits per heavy atom. The molecule has 6 N–H and O–H groups in total. The second-order valence-corrected chi connectivity index (χ2v) is 6.77. The van der Waals surface area contributed by atoms with Crippen LogP contribution in [0.4, 0.5) is 10.7 Å². The van der Waals surface area contributed by atoms with Crippen molar-refractivity contribution in [1.82, 2.24) is 24.7 Å². The molecule has 144 valence electrons. The Bertz CT molecular complexity index is 1390. The number of carbonyl (C=O) groups excluding carboxylic acids is 1. The Labute approximate surface area is 164 Å². The second-order valence-electron chi connectivity index (χ2n) is 6.77. The number of phenolic OH excluding ortho intramolecular Hbond substituents is 1. The summed E-state index contributed by atoms with van der Waals surface area (Å²) < 4.78 is 1.67. The van der Waals surface area contributed by atoms with Crippen molar-refractivity contribution in [3.05, 3.63) is 54.4 Å². The smallest absolute Gasteiger partial charge is 0.319 e. The van der Waals surface area contributed by atoms with Crippen molar-refractivity contribution in [1.29, 1.82) is 0 Å². The number of H-pyrrole nitrogens is 2. The molecule has 0 radical (unpaired) electrons. The zero-order chi connectivity index (χ0) is 20.1. The molecule has 5 aromatic rings. The molecule has 3 heterocycles. The first-order chi connectivity index (χ1) is 14.0. The molecule has 0 aliphatic heterocycles. The van der Waals surface area contributed by atoms with Crippen molar-refractivity contribution in [2.24, 2.45) is 5.73 Å². The van der Waals surface area contributed by atoms with Crippen LogP contribution in [0, 0.1) is 6.92 Å². The van der Waals surface area contributed by atoms with Gasteiger partial charge in [-0.25, -0.2) is 4.79 Å². The molecular formula is C20H17N7O2. The largest absolute Gasteiger partial charge is 0.507 e. The molecule has 3 aromatic heterocycles. The molecule has 0 saturated heterocycles. The number of hydrogen-bond donors (Lipinski definition) is 5. The van der Waals surface area contributed by atoms with E-state index in [4.69, 9.17) is 5.73 Å². The first-order valence-electron chi connectivity index (χ1n) is 8.92. The Hall–Kier alpha value is -4.27. The van der Waals surface area contributed by atoms with E-state index >= 15 is 0 Å². The number of aryl methyl sites for hydroxylation is 1. The quantitative estimate of drug-likeness (QED) is 0.324. The molecule has 0 bridgehead atoms. The van der Waals surface area contributed by atoms with E-state index < -0.39 is 6.03 Å². The minimum Gasteiger partial charge on any atom is -0.507 e. The van der Waals surface area contributed by atoms with Gasteiger partial charge in [0.25, 0.3) is 0 Å². The van der Waals surface area contributed by atoms with E-state index in [0.29, 0.717) is 11.4 Å². The highest BCUT2D eigenvalue weighted by atomic mass is 16.3. The summed E-state index contributed by atoms with van der Waals surface area (Å²) in [4.78, 5) is 17.8. The molecule has 0 aliphatic rings. The average Bonchev–Trinajstić information content (AvgIpc) is 3.40. The number of aromatic hydroxyl groups is 1. The molecule has 0 atom stereocenters. The number of rotatable bonds is 3. The van der Waals surface area contributed by atoms with Crippen LogP contribution in [0.25, 0.3) is 38.9 Å². The molecule has 9 heteroatoms. The fraction of sp³-hybridized carbons (Fsp3) is 0.0500. The van der Waals surface area contributed by atoms with E-state index in [1.54, 1.807) is 10.6 Å². The number of primary amides is 1. The summed E-state index contributed by atoms with van der Waals surface area (Å²) >= 11 is 0. The number of urea groups is 1. The predicted molar refractivity (Wildman–Crippen MR) is 110 cm³/mol. The van der Waals surface area contributed by atoms with Crippen LogP contribution in [0.2, 0.25) is 0 Å². The van der Waals surface area contributed by atoms with Gasteiger partial charge in [0.15, 0.2) is 5.82 Å². The van der Waals surface area contributed by atoms with Crippen molar-refractivity contribution in [3.63, 3.8) is 0 Å². The van der Waals surface area contributed by atoms with Gasteiger partial charge < -0.3 is 20.8 Å². The van der Waals surface area contributed by atoms with Crippen molar-refractivity contribution >= 4 is 33.8 Å². The van der Waals surface area contributed by atoms with E-state index in [0.717, 1.165) is 33.1 Å². The fourth-order valence-corrected chi connectivity index (χ4v) is 3.62. The lowest BCUT2D eigenvalue weighted by atomic mass is 10.1. The van der Waals surface area contributed by atoms with Gasteiger partial charge in [0, 0.05) is 40.3 Å². The lowest BCUT2D eigenvalue weighted by Gasteiger charge is -2.13. The molecule has 0 saturated carbocycles. The maximum atomic E-state index is 11.5. The van der Waals surface area contributed by atoms with E-state index in [9.17, 15) is 9.90 Å². The summed E-state index contributed by atoms with van der Waals surface area (Å²) in [5.41, 5.74) is 9.32. The topological polar surface area (TPSA) is 138 Å². The number of carbonyl (C=O) groups is 1. The van der Waals surface area contributed by atoms with E-state index in [1.165, 1.54) is 0 Å². The Morgan fingerprint density at radius 3 is 2.83 bits per heavy atom. The third kappa shape index (κ3) is 2.59. The van der Waals surface area contributed by atoms with Gasteiger partial charge in [0.2, 0.25) is 5.95 Å². The Kier molecular flexibility index (Phi) is 3.56. The number of anilines is 1. The van der Waals surface area contributed by atoms with Crippen LogP contribution < -0.4 is 11.1 Å². The minimum absolute atomic E-state index is 0.0415. The van der Waals surface area contributed by atoms with Crippen molar-refractivity contribution in [3.8, 4) is 22.8 Å². The van der Waals surface area contributed by atoms with Crippen molar-refractivity contribution in [2.45, 2.75) is 6.92 Å². The number of hydrogen-bond acceptors (Lipinski definition) is 4. The van der Waals surface area contributed by atoms with Crippen LogP contribution in [0.3, 0.4) is 0 Å². The molecule has 2 amide bonds. The summed E-state index contributed by atoms with van der Waals surface area (Å²) in [6.07, 6.45) is 3.70. The highest BCUT2D eigenvalue weighted by Crippen LogP contribution is 2.36. The van der Waals surface area contributed by atoms with E-state index in [2.05, 4.69) is 25.5 Å². The maximum Gasteiger partial charge on any atom is 0.319 e. The van der Waals surface area contributed by atoms with Crippen LogP contribution in [-0.2, 0) is 0 Å². The maximum absolute atomic E-state index is 11.5. The lowest BCUT2D eigenvalue weighted by molar-refractivity contribution is 0.259. The first-order valence-corrected chi connectivity index (χ1v) is 8.92. The van der Waals surface area contributed by atoms with Gasteiger partial charge >= 0.3 is 6.03 Å². The van der Waals surface area contributed by atoms with Crippen LogP contribution >= 0.6 is 0 Å². The predicted octanol–water partition coefficient (Wildman–Crippen LogP) is 3.40. The molecule has 2 aromatic carbocycles. The van der Waals surface area contributed by atoms with Gasteiger partial charge in [-0.3, -0.25) is 9.88 Å². The summed E-state index contributed by atoms with van der Waals surface area (Å²) in [5.74, 6) is 0.578. The molecule has 5 rings (SSSR count). The second kappa shape index (κ2) is 6.13. The fourth-order valence-electron chi connectivity index (χ4n) is 3.62. The van der Waals surface area contributed by atoms with Gasteiger partial charge in [-0.05, 0) is 36.8 Å². The molecule has 0 unspecified atom stereocenters. The van der Waals surface area contributed by atoms with Gasteiger partial charge in [-0.1, -0.05) is 6.07 Å². The summed E-state index contributed by atoms with van der Waals surface area (Å²) in [7, 11) is 0. The van der Waals surface area contributed by atoms with Crippen LogP contribution in [0.15, 0.2) is 48.8 Å². The number of phenols is 1. The van der Waals surface area contributed by atoms with Crippen molar-refractivity contribution < 1.29 is 9.90 Å². The average molecular weight is 387 g/mol. The molecule has 29 heavy (non-hydrogen) atoms. The van der Waals surface area contributed by atoms with Gasteiger partial charge in [-0.2, -0.15) is 0 Å². The Morgan fingerprint density at radius 1 is 1.14 bits per heavy atom. The Balaban J connectivity index is 1.82. The number of nitrogens with zero attached hydrogens (tertiary/aromatic N) is 3. The highest BCUT2D eigenvalue weighted by molar-refractivity contribution is 5.93. The lowest BCUT2D eigenvalue weighted by Crippen LogP contribution is -2.22. The molecule has 0 aliphatic carbocycles. The monoisotopic (exact) mass is 387 g/mol. The standard InChI is InChI=1S/C20H17N7O2/c1-10-9-23-15-8-17(28)13(7-12(10)15)18-25-26-20(24-19(21)29)27(18)16-4-2-3-14-11(16)5-6-22-14/h2-9,22-23,28H,1H3,(H3,21,24,26,29). The van der Waals surface area contributed by atoms with Gasteiger partial charge in [0.05, 0.1) is 11.3 Å². The normalized spacial score (nSPS) is 11.3. The SMILES string of the molecule is Cc1c[nH]c2cc(O)c(-c3nnc(NC(N)=O)n3-c3cccc4[nH]ccc34)cc12. The number of amides is 2. The zero-order valence-electron chi connectivity index (χ0n) is 15.4. The third-order valence-electron chi connectivity index (χ3n) is 4.96. The molecule has 9 nitrogen and oxygen atoms in total. The summed E-state index contributed by atoms with van der Waals surface area (Å²) in [5, 5.41) is 23.4. The van der Waals surface area contributed by atoms with E-state index in [1.807, 2.05) is 49.6 Å². The number of aromatic nitrogens is 5. The van der Waals surface area contributed by atoms with Crippen LogP contribution in [-0.4, -0.2) is 35.9 Å². The number of benzene rings is 2. The summed E-state index contributed by atoms with van der Waals surface area (Å²) in [6.45, 7) is 1.98. The van der Waals surface area contributed by atoms with Gasteiger partial charge in [-0.15, -0.1) is 10.2 Å². The number of nitrogens with one attached hydrogen (secondary N) is 3. The highest BCUT2D eigenvalue weighted by Gasteiger charge is 2.21. The number of fused-ring (bicyclic) bond motifs is 2. The van der Waals surface area contributed by atoms with Crippen molar-refractivity contribution in [2.75, 3.05) is 5.32 Å². The molecular weight excluding hydrogens is 370 g/mol. The third-order valence-corrected chi connectivity index (χ3v) is 4.96. The van der Waals surface area contributed by atoms with Gasteiger partial charge in [0.1, 0.15) is 5.75 Å². The van der Waals surface area contributed by atoms with Crippen LogP contribution in [0.5, 0.6) is 5.75 Å². The van der Waals surface area contributed by atoms with E-state index in [-0.39, 0.29) is 11.7 Å².